The SMILES string of the molecule is C=CCCc1nsc(C(F)(F)F)c1C1CC(=O)OC(C)(C)O1. The lowest BCUT2D eigenvalue weighted by atomic mass is 10.00. The Morgan fingerprint density at radius 2 is 2.18 bits per heavy atom. The molecule has 0 radical (unpaired) electrons. The first kappa shape index (κ1) is 17.0. The van der Waals surface area contributed by atoms with E-state index in [-0.39, 0.29) is 12.0 Å². The van der Waals surface area contributed by atoms with Crippen molar-refractivity contribution in [2.75, 3.05) is 0 Å². The zero-order valence-corrected chi connectivity index (χ0v) is 13.0. The third kappa shape index (κ3) is 3.67. The second kappa shape index (κ2) is 6.00. The van der Waals surface area contributed by atoms with Gasteiger partial charge in [0, 0.05) is 19.4 Å². The number of nitrogens with zero attached hydrogens (tertiary/aromatic N) is 1. The number of rotatable bonds is 4. The molecule has 1 atom stereocenters. The first-order valence-corrected chi connectivity index (χ1v) is 7.47. The monoisotopic (exact) mass is 335 g/mol. The van der Waals surface area contributed by atoms with Crippen molar-refractivity contribution in [2.24, 2.45) is 0 Å². The number of aromatic nitrogens is 1. The first-order chi connectivity index (χ1) is 10.1. The normalized spacial score (nSPS) is 21.5. The predicted octanol–water partition coefficient (Wildman–Crippen LogP) is 4.02. The highest BCUT2D eigenvalue weighted by molar-refractivity contribution is 7.06. The van der Waals surface area contributed by atoms with Crippen molar-refractivity contribution < 1.29 is 27.4 Å². The van der Waals surface area contributed by atoms with E-state index in [9.17, 15) is 18.0 Å². The number of ether oxygens (including phenoxy) is 2. The standard InChI is InChI=1S/C14H16F3NO3S/c1-4-5-6-8-11(12(22-18-8)14(15,16)17)9-7-10(19)21-13(2,3)20-9/h4,9H,1,5-7H2,2-3H3. The Balaban J connectivity index is 2.44. The maximum atomic E-state index is 13.2. The van der Waals surface area contributed by atoms with Crippen LogP contribution < -0.4 is 0 Å². The largest absolute Gasteiger partial charge is 0.434 e. The Kier molecular flexibility index (Phi) is 4.62. The number of carbonyl (C=O) groups excluding carboxylic acids is 1. The van der Waals surface area contributed by atoms with Crippen LogP contribution in [0.4, 0.5) is 13.2 Å². The van der Waals surface area contributed by atoms with Crippen LogP contribution in [0.1, 0.15) is 48.9 Å². The van der Waals surface area contributed by atoms with Crippen LogP contribution >= 0.6 is 11.5 Å². The fourth-order valence-corrected chi connectivity index (χ4v) is 3.16. The molecule has 1 aromatic heterocycles. The molecule has 8 heteroatoms. The zero-order valence-electron chi connectivity index (χ0n) is 12.2. The summed E-state index contributed by atoms with van der Waals surface area (Å²) >= 11 is 0.387. The molecule has 0 aliphatic carbocycles. The number of alkyl halides is 3. The molecule has 0 saturated carbocycles. The minimum absolute atomic E-state index is 0.0518. The molecular formula is C14H16F3NO3S. The third-order valence-corrected chi connectivity index (χ3v) is 4.05. The van der Waals surface area contributed by atoms with E-state index in [0.29, 0.717) is 30.1 Å². The highest BCUT2D eigenvalue weighted by atomic mass is 32.1. The summed E-state index contributed by atoms with van der Waals surface area (Å²) in [6.07, 6.45) is -3.38. The van der Waals surface area contributed by atoms with Gasteiger partial charge in [0.2, 0.25) is 5.79 Å². The van der Waals surface area contributed by atoms with E-state index in [1.165, 1.54) is 13.8 Å². The van der Waals surface area contributed by atoms with Crippen molar-refractivity contribution in [2.45, 2.75) is 51.2 Å². The van der Waals surface area contributed by atoms with Gasteiger partial charge >= 0.3 is 12.1 Å². The van der Waals surface area contributed by atoms with Crippen LogP contribution in [0.3, 0.4) is 0 Å². The molecule has 0 spiro atoms. The lowest BCUT2D eigenvalue weighted by Gasteiger charge is -2.35. The molecule has 4 nitrogen and oxygen atoms in total. The van der Waals surface area contributed by atoms with Gasteiger partial charge < -0.3 is 9.47 Å². The molecule has 0 bridgehead atoms. The lowest BCUT2D eigenvalue weighted by Crippen LogP contribution is -2.39. The number of hydrogen-bond donors (Lipinski definition) is 0. The van der Waals surface area contributed by atoms with E-state index < -0.39 is 28.9 Å². The summed E-state index contributed by atoms with van der Waals surface area (Å²) in [5.41, 5.74) is 0.247. The van der Waals surface area contributed by atoms with Gasteiger partial charge in [-0.25, -0.2) is 0 Å². The Morgan fingerprint density at radius 1 is 1.50 bits per heavy atom. The highest BCUT2D eigenvalue weighted by Crippen LogP contribution is 2.44. The number of hydrogen-bond acceptors (Lipinski definition) is 5. The van der Waals surface area contributed by atoms with Crippen LogP contribution in [0, 0.1) is 0 Å². The Morgan fingerprint density at radius 3 is 2.73 bits per heavy atom. The van der Waals surface area contributed by atoms with Crippen molar-refractivity contribution in [1.29, 1.82) is 0 Å². The molecule has 0 N–H and O–H groups in total. The van der Waals surface area contributed by atoms with Crippen molar-refractivity contribution in [1.82, 2.24) is 4.37 Å². The second-order valence-corrected chi connectivity index (χ2v) is 6.16. The predicted molar refractivity (Wildman–Crippen MR) is 74.2 cm³/mol. The molecule has 1 fully saturated rings. The number of aryl methyl sites for hydroxylation is 1. The summed E-state index contributed by atoms with van der Waals surface area (Å²) in [7, 11) is 0. The van der Waals surface area contributed by atoms with Gasteiger partial charge in [-0.15, -0.1) is 6.58 Å². The molecule has 0 aromatic carbocycles. The van der Waals surface area contributed by atoms with E-state index in [2.05, 4.69) is 11.0 Å². The molecule has 1 unspecified atom stereocenters. The van der Waals surface area contributed by atoms with E-state index >= 15 is 0 Å². The lowest BCUT2D eigenvalue weighted by molar-refractivity contribution is -0.260. The number of cyclic esters (lactones) is 1. The Hall–Kier alpha value is -1.41. The van der Waals surface area contributed by atoms with Crippen LogP contribution in [0.5, 0.6) is 0 Å². The van der Waals surface area contributed by atoms with Crippen LogP contribution in [0.2, 0.25) is 0 Å². The average molecular weight is 335 g/mol. The maximum absolute atomic E-state index is 13.2. The smallest absolute Gasteiger partial charge is 0.427 e. The summed E-state index contributed by atoms with van der Waals surface area (Å²) < 4.78 is 54.0. The molecule has 0 amide bonds. The minimum Gasteiger partial charge on any atom is -0.434 e. The van der Waals surface area contributed by atoms with Crippen LogP contribution in [0.15, 0.2) is 12.7 Å². The minimum atomic E-state index is -4.53. The van der Waals surface area contributed by atoms with Gasteiger partial charge in [0.25, 0.3) is 0 Å². The fourth-order valence-electron chi connectivity index (χ4n) is 2.32. The topological polar surface area (TPSA) is 48.4 Å². The number of carbonyl (C=O) groups is 1. The van der Waals surface area contributed by atoms with Crippen molar-refractivity contribution in [3.8, 4) is 0 Å². The number of halogens is 3. The summed E-state index contributed by atoms with van der Waals surface area (Å²) in [6, 6.07) is 0. The molecule has 2 rings (SSSR count). The van der Waals surface area contributed by atoms with Crippen molar-refractivity contribution in [3.63, 3.8) is 0 Å². The first-order valence-electron chi connectivity index (χ1n) is 6.70. The third-order valence-electron chi connectivity index (χ3n) is 3.11. The molecular weight excluding hydrogens is 319 g/mol. The Bertz CT molecular complexity index is 580. The molecule has 1 aliphatic heterocycles. The van der Waals surface area contributed by atoms with Crippen LogP contribution in [0.25, 0.3) is 0 Å². The van der Waals surface area contributed by atoms with E-state index in [1.54, 1.807) is 6.08 Å². The Labute approximate surface area is 130 Å². The molecule has 122 valence electrons. The maximum Gasteiger partial charge on any atom is 0.427 e. The molecule has 1 aliphatic rings. The van der Waals surface area contributed by atoms with Crippen molar-refractivity contribution in [3.05, 3.63) is 28.8 Å². The van der Waals surface area contributed by atoms with Gasteiger partial charge in [-0.2, -0.15) is 17.5 Å². The molecule has 1 saturated heterocycles. The van der Waals surface area contributed by atoms with Gasteiger partial charge in [0.15, 0.2) is 0 Å². The molecule has 1 aromatic rings. The van der Waals surface area contributed by atoms with E-state index in [4.69, 9.17) is 9.47 Å². The summed E-state index contributed by atoms with van der Waals surface area (Å²) in [4.78, 5) is 10.8. The summed E-state index contributed by atoms with van der Waals surface area (Å²) in [6.45, 7) is 6.54. The highest BCUT2D eigenvalue weighted by Gasteiger charge is 2.44. The number of allylic oxidation sites excluding steroid dienone is 1. The second-order valence-electron chi connectivity index (χ2n) is 5.38. The van der Waals surface area contributed by atoms with Gasteiger partial charge in [-0.3, -0.25) is 4.79 Å². The molecule has 2 heterocycles. The van der Waals surface area contributed by atoms with Crippen LogP contribution in [-0.4, -0.2) is 16.1 Å². The van der Waals surface area contributed by atoms with Gasteiger partial charge in [0.05, 0.1) is 12.1 Å². The van der Waals surface area contributed by atoms with Gasteiger partial charge in [-0.05, 0) is 24.4 Å². The number of esters is 1. The van der Waals surface area contributed by atoms with Gasteiger partial charge in [0.1, 0.15) is 11.0 Å². The van der Waals surface area contributed by atoms with Crippen LogP contribution in [-0.2, 0) is 26.9 Å². The molecule has 22 heavy (non-hydrogen) atoms. The summed E-state index contributed by atoms with van der Waals surface area (Å²) in [5.74, 6) is -1.85. The van der Waals surface area contributed by atoms with Gasteiger partial charge in [-0.1, -0.05) is 6.08 Å². The van der Waals surface area contributed by atoms with Crippen molar-refractivity contribution >= 4 is 17.5 Å². The van der Waals surface area contributed by atoms with E-state index in [1.807, 2.05) is 0 Å². The summed E-state index contributed by atoms with van der Waals surface area (Å²) in [5, 5.41) is 0. The quantitative estimate of drug-likeness (QED) is 0.616. The zero-order chi connectivity index (χ0) is 16.5. The van der Waals surface area contributed by atoms with E-state index in [0.717, 1.165) is 0 Å². The fraction of sp³-hybridized carbons (Fsp3) is 0.571. The average Bonchev–Trinajstić information content (AvgIpc) is 2.77.